The molecule has 0 fully saturated rings. The van der Waals surface area contributed by atoms with Crippen molar-refractivity contribution in [2.24, 2.45) is 0 Å². The lowest BCUT2D eigenvalue weighted by molar-refractivity contribution is -0.0230. The minimum atomic E-state index is -0.310. The Bertz CT molecular complexity index is 415. The van der Waals surface area contributed by atoms with Gasteiger partial charge in [-0.2, -0.15) is 0 Å². The van der Waals surface area contributed by atoms with Gasteiger partial charge in [-0.15, -0.1) is 6.58 Å². The van der Waals surface area contributed by atoms with Gasteiger partial charge >= 0.3 is 0 Å². The predicted octanol–water partition coefficient (Wildman–Crippen LogP) is 3.44. The summed E-state index contributed by atoms with van der Waals surface area (Å²) < 4.78 is 5.81. The molecule has 2 rings (SSSR count). The molecule has 1 aliphatic rings. The van der Waals surface area contributed by atoms with Gasteiger partial charge in [0.2, 0.25) is 0 Å². The Hall–Kier alpha value is -1.22. The third kappa shape index (κ3) is 2.55. The van der Waals surface area contributed by atoms with Gasteiger partial charge in [-0.05, 0) is 27.2 Å². The fraction of sp³-hybridized carbons (Fsp3) is 0.571. The zero-order valence-electron chi connectivity index (χ0n) is 11.5. The van der Waals surface area contributed by atoms with Gasteiger partial charge < -0.3 is 4.74 Å². The molecule has 0 aromatic carbocycles. The summed E-state index contributed by atoms with van der Waals surface area (Å²) in [7, 11) is 0. The molecule has 0 radical (unpaired) electrons. The minimum Gasteiger partial charge on any atom is -0.364 e. The normalized spacial score (nSPS) is 21.5. The first-order valence-electron chi connectivity index (χ1n) is 6.16. The maximum atomic E-state index is 5.81. The van der Waals surface area contributed by atoms with Crippen molar-refractivity contribution in [1.29, 1.82) is 0 Å². The van der Waals surface area contributed by atoms with E-state index in [4.69, 9.17) is 4.74 Å². The molecule has 1 aromatic heterocycles. The number of nitrogens with zero attached hydrogens (tertiary/aromatic N) is 2. The topological polar surface area (TPSA) is 35.0 Å². The van der Waals surface area contributed by atoms with Gasteiger partial charge in [0.15, 0.2) is 0 Å². The average molecular weight is 234 g/mol. The first-order chi connectivity index (χ1) is 8.07. The lowest BCUT2D eigenvalue weighted by Crippen LogP contribution is -2.21. The van der Waals surface area contributed by atoms with Crippen LogP contribution in [0.5, 0.6) is 0 Å². The van der Waals surface area contributed by atoms with Crippen LogP contribution in [0, 0.1) is 13.8 Å². The zero-order chi connectivity index (χ0) is 13.1. The van der Waals surface area contributed by atoms with E-state index < -0.39 is 0 Å². The van der Waals surface area contributed by atoms with Crippen molar-refractivity contribution >= 4 is 0 Å². The van der Waals surface area contributed by atoms with E-state index >= 15 is 0 Å². The van der Waals surface area contributed by atoms with Gasteiger partial charge in [0.1, 0.15) is 11.4 Å². The number of ether oxygens (including phenoxy) is 1. The smallest absolute Gasteiger partial charge is 0.125 e. The van der Waals surface area contributed by atoms with Gasteiger partial charge in [0.05, 0.1) is 12.3 Å². The molecular weight excluding hydrogens is 212 g/mol. The molecule has 17 heavy (non-hydrogen) atoms. The van der Waals surface area contributed by atoms with Crippen LogP contribution in [0.2, 0.25) is 0 Å². The number of fused-ring (bicyclic) bond motifs is 1. The van der Waals surface area contributed by atoms with Crippen molar-refractivity contribution in [3.63, 3.8) is 0 Å². The maximum Gasteiger partial charge on any atom is 0.125 e. The first-order valence-corrected chi connectivity index (χ1v) is 6.16. The van der Waals surface area contributed by atoms with E-state index in [1.807, 2.05) is 33.8 Å². The monoisotopic (exact) mass is 234 g/mol. The van der Waals surface area contributed by atoms with Crippen molar-refractivity contribution < 1.29 is 4.74 Å². The van der Waals surface area contributed by atoms with E-state index in [2.05, 4.69) is 23.5 Å². The minimum absolute atomic E-state index is 0.310. The highest BCUT2D eigenvalue weighted by atomic mass is 16.5. The molecular formula is C14H22N2O. The largest absolute Gasteiger partial charge is 0.364 e. The molecule has 1 atom stereocenters. The number of aromatic nitrogens is 2. The van der Waals surface area contributed by atoms with Crippen molar-refractivity contribution in [3.05, 3.63) is 35.4 Å². The Labute approximate surface area is 104 Å². The summed E-state index contributed by atoms with van der Waals surface area (Å²) in [6.45, 7) is 14.4. The van der Waals surface area contributed by atoms with Crippen molar-refractivity contribution in [1.82, 2.24) is 9.97 Å². The number of rotatable bonds is 2. The van der Waals surface area contributed by atoms with Gasteiger partial charge in [-0.3, -0.25) is 0 Å². The molecule has 3 nitrogen and oxygen atoms in total. The van der Waals surface area contributed by atoms with Gasteiger partial charge in [0.25, 0.3) is 0 Å². The summed E-state index contributed by atoms with van der Waals surface area (Å²) >= 11 is 0. The fourth-order valence-corrected chi connectivity index (χ4v) is 2.08. The molecule has 3 heteroatoms. The highest BCUT2D eigenvalue weighted by molar-refractivity contribution is 5.32. The molecule has 0 bridgehead atoms. The summed E-state index contributed by atoms with van der Waals surface area (Å²) in [5.74, 6) is 0.812. The second-order valence-electron chi connectivity index (χ2n) is 4.20. The summed E-state index contributed by atoms with van der Waals surface area (Å²) in [5, 5.41) is 0. The number of aryl methyl sites for hydroxylation is 2. The SMILES string of the molecule is C=CCC1(C)OCc2c(C)nc(C)nc21.CC. The van der Waals surface area contributed by atoms with Crippen molar-refractivity contribution in [2.75, 3.05) is 0 Å². The van der Waals surface area contributed by atoms with E-state index in [0.29, 0.717) is 6.61 Å². The van der Waals surface area contributed by atoms with Crippen LogP contribution in [0.3, 0.4) is 0 Å². The summed E-state index contributed by atoms with van der Waals surface area (Å²) in [4.78, 5) is 8.86. The molecule has 1 aliphatic heterocycles. The Morgan fingerprint density at radius 1 is 1.35 bits per heavy atom. The molecule has 94 valence electrons. The molecule has 0 amide bonds. The van der Waals surface area contributed by atoms with Crippen LogP contribution in [0.1, 0.15) is 50.0 Å². The van der Waals surface area contributed by atoms with E-state index in [1.54, 1.807) is 0 Å². The van der Waals surface area contributed by atoms with Gasteiger partial charge in [-0.25, -0.2) is 9.97 Å². The molecule has 1 unspecified atom stereocenters. The zero-order valence-corrected chi connectivity index (χ0v) is 11.5. The van der Waals surface area contributed by atoms with Crippen LogP contribution in [-0.2, 0) is 16.9 Å². The van der Waals surface area contributed by atoms with Crippen molar-refractivity contribution in [3.8, 4) is 0 Å². The average Bonchev–Trinajstić information content (AvgIpc) is 2.60. The van der Waals surface area contributed by atoms with Gasteiger partial charge in [-0.1, -0.05) is 19.9 Å². The van der Waals surface area contributed by atoms with Crippen LogP contribution < -0.4 is 0 Å². The summed E-state index contributed by atoms with van der Waals surface area (Å²) in [6.07, 6.45) is 2.66. The lowest BCUT2D eigenvalue weighted by Gasteiger charge is -2.21. The van der Waals surface area contributed by atoms with Crippen LogP contribution in [0.15, 0.2) is 12.7 Å². The Balaban J connectivity index is 0.000000686. The summed E-state index contributed by atoms with van der Waals surface area (Å²) in [5.41, 5.74) is 2.90. The molecule has 2 heterocycles. The van der Waals surface area contributed by atoms with E-state index in [1.165, 1.54) is 0 Å². The summed E-state index contributed by atoms with van der Waals surface area (Å²) in [6, 6.07) is 0. The molecule has 0 N–H and O–H groups in total. The number of hydrogen-bond donors (Lipinski definition) is 0. The van der Waals surface area contributed by atoms with E-state index in [9.17, 15) is 0 Å². The van der Waals surface area contributed by atoms with Gasteiger partial charge in [0, 0.05) is 11.3 Å². The molecule has 0 saturated carbocycles. The van der Waals surface area contributed by atoms with Crippen molar-refractivity contribution in [2.45, 2.75) is 53.2 Å². The standard InChI is InChI=1S/C12H16N2O.C2H6/c1-5-6-12(4)11-10(7-15-12)8(2)13-9(3)14-11;1-2/h5H,1,6-7H2,2-4H3;1-2H3. The quantitative estimate of drug-likeness (QED) is 0.735. The highest BCUT2D eigenvalue weighted by Gasteiger charge is 2.37. The molecule has 1 aromatic rings. The Morgan fingerprint density at radius 2 is 2.00 bits per heavy atom. The van der Waals surface area contributed by atoms with Crippen LogP contribution in [0.25, 0.3) is 0 Å². The van der Waals surface area contributed by atoms with E-state index in [0.717, 1.165) is 29.2 Å². The second kappa shape index (κ2) is 5.41. The third-order valence-corrected chi connectivity index (χ3v) is 2.90. The Morgan fingerprint density at radius 3 is 2.59 bits per heavy atom. The Kier molecular flexibility index (Phi) is 4.40. The molecule has 0 saturated heterocycles. The van der Waals surface area contributed by atoms with Crippen LogP contribution in [-0.4, -0.2) is 9.97 Å². The third-order valence-electron chi connectivity index (χ3n) is 2.90. The maximum absolute atomic E-state index is 5.81. The number of hydrogen-bond acceptors (Lipinski definition) is 3. The fourth-order valence-electron chi connectivity index (χ4n) is 2.08. The van der Waals surface area contributed by atoms with Crippen LogP contribution >= 0.6 is 0 Å². The first kappa shape index (κ1) is 13.8. The molecule has 0 aliphatic carbocycles. The van der Waals surface area contributed by atoms with Crippen LogP contribution in [0.4, 0.5) is 0 Å². The predicted molar refractivity (Wildman–Crippen MR) is 69.8 cm³/mol. The highest BCUT2D eigenvalue weighted by Crippen LogP contribution is 2.38. The molecule has 0 spiro atoms. The second-order valence-corrected chi connectivity index (χ2v) is 4.20. The lowest BCUT2D eigenvalue weighted by atomic mass is 9.96. The van der Waals surface area contributed by atoms with E-state index in [-0.39, 0.29) is 5.60 Å².